The first-order valence-corrected chi connectivity index (χ1v) is 5.89. The molecule has 4 N–H and O–H groups in total. The SMILES string of the molecule is CC(C)C(N)C(C)C.COC(=O)CCCN. The van der Waals surface area contributed by atoms with Gasteiger partial charge in [-0.25, -0.2) is 0 Å². The molecule has 0 saturated heterocycles. The smallest absolute Gasteiger partial charge is 0.305 e. The van der Waals surface area contributed by atoms with E-state index in [9.17, 15) is 4.79 Å². The largest absolute Gasteiger partial charge is 0.469 e. The average molecular weight is 232 g/mol. The summed E-state index contributed by atoms with van der Waals surface area (Å²) in [6.45, 7) is 9.18. The van der Waals surface area contributed by atoms with E-state index in [2.05, 4.69) is 32.4 Å². The highest BCUT2D eigenvalue weighted by molar-refractivity contribution is 5.68. The minimum absolute atomic E-state index is 0.185. The second kappa shape index (κ2) is 10.9. The molecule has 0 amide bonds. The summed E-state index contributed by atoms with van der Waals surface area (Å²) >= 11 is 0. The number of ether oxygens (including phenoxy) is 1. The number of hydrogen-bond donors (Lipinski definition) is 2. The summed E-state index contributed by atoms with van der Waals surface area (Å²) < 4.78 is 4.36. The molecule has 0 aliphatic carbocycles. The Labute approximate surface area is 99.7 Å². The highest BCUT2D eigenvalue weighted by atomic mass is 16.5. The van der Waals surface area contributed by atoms with Gasteiger partial charge in [-0.3, -0.25) is 4.79 Å². The molecule has 0 rings (SSSR count). The molecule has 0 aliphatic rings. The van der Waals surface area contributed by atoms with Crippen molar-refractivity contribution in [2.24, 2.45) is 23.3 Å². The molecule has 0 saturated carbocycles. The molecule has 0 aromatic rings. The van der Waals surface area contributed by atoms with Gasteiger partial charge >= 0.3 is 5.97 Å². The molecule has 16 heavy (non-hydrogen) atoms. The lowest BCUT2D eigenvalue weighted by Crippen LogP contribution is -2.31. The molecule has 0 bridgehead atoms. The van der Waals surface area contributed by atoms with Gasteiger partial charge < -0.3 is 16.2 Å². The number of carbonyl (C=O) groups excluding carboxylic acids is 1. The highest BCUT2D eigenvalue weighted by Gasteiger charge is 2.10. The Kier molecular flexibility index (Phi) is 12.1. The van der Waals surface area contributed by atoms with Gasteiger partial charge in [-0.15, -0.1) is 0 Å². The lowest BCUT2D eigenvalue weighted by Gasteiger charge is -2.18. The van der Waals surface area contributed by atoms with Gasteiger partial charge in [0.15, 0.2) is 0 Å². The number of nitrogens with two attached hydrogens (primary N) is 2. The van der Waals surface area contributed by atoms with Crippen LogP contribution in [0.1, 0.15) is 40.5 Å². The summed E-state index contributed by atoms with van der Waals surface area (Å²) in [6, 6.07) is 0.370. The van der Waals surface area contributed by atoms with Crippen LogP contribution in [-0.4, -0.2) is 25.7 Å². The maximum atomic E-state index is 10.3. The number of methoxy groups -OCH3 is 1. The fourth-order valence-corrected chi connectivity index (χ4v) is 1.12. The molecule has 0 aliphatic heterocycles. The first kappa shape index (κ1) is 17.8. The van der Waals surface area contributed by atoms with Crippen LogP contribution in [0.25, 0.3) is 0 Å². The predicted octanol–water partition coefficient (Wildman–Crippen LogP) is 1.52. The van der Waals surface area contributed by atoms with E-state index in [0.717, 1.165) is 0 Å². The van der Waals surface area contributed by atoms with Crippen LogP contribution in [0.4, 0.5) is 0 Å². The summed E-state index contributed by atoms with van der Waals surface area (Å²) in [6.07, 6.45) is 1.15. The van der Waals surface area contributed by atoms with Gasteiger partial charge in [0.25, 0.3) is 0 Å². The minimum Gasteiger partial charge on any atom is -0.469 e. The van der Waals surface area contributed by atoms with Crippen LogP contribution in [0.5, 0.6) is 0 Å². The first-order valence-electron chi connectivity index (χ1n) is 5.89. The van der Waals surface area contributed by atoms with Crippen molar-refractivity contribution in [3.05, 3.63) is 0 Å². The molecular weight excluding hydrogens is 204 g/mol. The van der Waals surface area contributed by atoms with Crippen molar-refractivity contribution in [3.8, 4) is 0 Å². The average Bonchev–Trinajstić information content (AvgIpc) is 2.25. The highest BCUT2D eigenvalue weighted by Crippen LogP contribution is 2.07. The van der Waals surface area contributed by atoms with Crippen LogP contribution >= 0.6 is 0 Å². The number of rotatable bonds is 5. The number of hydrogen-bond acceptors (Lipinski definition) is 4. The van der Waals surface area contributed by atoms with E-state index in [1.165, 1.54) is 7.11 Å². The quantitative estimate of drug-likeness (QED) is 0.704. The molecule has 0 atom stereocenters. The van der Waals surface area contributed by atoms with Crippen molar-refractivity contribution in [1.29, 1.82) is 0 Å². The fraction of sp³-hybridized carbons (Fsp3) is 0.917. The van der Waals surface area contributed by atoms with Gasteiger partial charge in [-0.1, -0.05) is 27.7 Å². The second-order valence-electron chi connectivity index (χ2n) is 4.53. The minimum atomic E-state index is -0.185. The van der Waals surface area contributed by atoms with Crippen molar-refractivity contribution in [2.45, 2.75) is 46.6 Å². The van der Waals surface area contributed by atoms with Crippen molar-refractivity contribution >= 4 is 5.97 Å². The maximum Gasteiger partial charge on any atom is 0.305 e. The third-order valence-electron chi connectivity index (χ3n) is 2.35. The van der Waals surface area contributed by atoms with Crippen molar-refractivity contribution in [3.63, 3.8) is 0 Å². The van der Waals surface area contributed by atoms with E-state index in [-0.39, 0.29) is 5.97 Å². The fourth-order valence-electron chi connectivity index (χ4n) is 1.12. The van der Waals surface area contributed by atoms with Crippen LogP contribution in [0, 0.1) is 11.8 Å². The Bertz CT molecular complexity index is 162. The Morgan fingerprint density at radius 2 is 1.62 bits per heavy atom. The van der Waals surface area contributed by atoms with E-state index in [1.54, 1.807) is 0 Å². The Morgan fingerprint density at radius 1 is 1.19 bits per heavy atom. The lowest BCUT2D eigenvalue weighted by molar-refractivity contribution is -0.140. The van der Waals surface area contributed by atoms with E-state index in [1.807, 2.05) is 0 Å². The van der Waals surface area contributed by atoms with Crippen LogP contribution in [0.2, 0.25) is 0 Å². The van der Waals surface area contributed by atoms with Crippen molar-refractivity contribution in [2.75, 3.05) is 13.7 Å². The number of esters is 1. The second-order valence-corrected chi connectivity index (χ2v) is 4.53. The van der Waals surface area contributed by atoms with Crippen molar-refractivity contribution in [1.82, 2.24) is 0 Å². The van der Waals surface area contributed by atoms with Gasteiger partial charge in [0.05, 0.1) is 7.11 Å². The summed E-state index contributed by atoms with van der Waals surface area (Å²) in [4.78, 5) is 10.3. The molecule has 0 aromatic carbocycles. The van der Waals surface area contributed by atoms with E-state index in [4.69, 9.17) is 11.5 Å². The molecule has 0 heterocycles. The molecular formula is C12H28N2O2. The van der Waals surface area contributed by atoms with Gasteiger partial charge in [0.2, 0.25) is 0 Å². The van der Waals surface area contributed by atoms with Crippen LogP contribution in [-0.2, 0) is 9.53 Å². The van der Waals surface area contributed by atoms with E-state index in [0.29, 0.717) is 37.3 Å². The summed E-state index contributed by atoms with van der Waals surface area (Å²) in [5, 5.41) is 0. The van der Waals surface area contributed by atoms with Gasteiger partial charge in [-0.2, -0.15) is 0 Å². The first-order chi connectivity index (χ1) is 7.36. The van der Waals surface area contributed by atoms with Gasteiger partial charge in [0, 0.05) is 12.5 Å². The van der Waals surface area contributed by atoms with Gasteiger partial charge in [0.1, 0.15) is 0 Å². The zero-order chi connectivity index (χ0) is 13.1. The summed E-state index contributed by atoms with van der Waals surface area (Å²) in [5.41, 5.74) is 10.9. The zero-order valence-corrected chi connectivity index (χ0v) is 11.3. The molecule has 0 fully saturated rings. The molecule has 0 spiro atoms. The maximum absolute atomic E-state index is 10.3. The Hall–Kier alpha value is -0.610. The normalized spacial score (nSPS) is 10.4. The van der Waals surface area contributed by atoms with Crippen LogP contribution in [0.15, 0.2) is 0 Å². The molecule has 4 nitrogen and oxygen atoms in total. The van der Waals surface area contributed by atoms with Gasteiger partial charge in [-0.05, 0) is 24.8 Å². The summed E-state index contributed by atoms with van der Waals surface area (Å²) in [5.74, 6) is 1.06. The van der Waals surface area contributed by atoms with E-state index < -0.39 is 0 Å². The lowest BCUT2D eigenvalue weighted by atomic mass is 9.95. The van der Waals surface area contributed by atoms with Crippen molar-refractivity contribution < 1.29 is 9.53 Å². The molecule has 0 unspecified atom stereocenters. The van der Waals surface area contributed by atoms with Crippen LogP contribution < -0.4 is 11.5 Å². The third kappa shape index (κ3) is 11.5. The number of carbonyl (C=O) groups is 1. The topological polar surface area (TPSA) is 78.3 Å². The zero-order valence-electron chi connectivity index (χ0n) is 11.3. The Morgan fingerprint density at radius 3 is 1.81 bits per heavy atom. The Balaban J connectivity index is 0. The monoisotopic (exact) mass is 232 g/mol. The summed E-state index contributed by atoms with van der Waals surface area (Å²) in [7, 11) is 1.37. The molecule has 0 radical (unpaired) electrons. The molecule has 4 heteroatoms. The standard InChI is InChI=1S/C7H17N.C5H11NO2/c1-5(2)7(8)6(3)4;1-8-5(7)3-2-4-6/h5-7H,8H2,1-4H3;2-4,6H2,1H3. The molecule has 0 aromatic heterocycles. The van der Waals surface area contributed by atoms with E-state index >= 15 is 0 Å². The van der Waals surface area contributed by atoms with Crippen LogP contribution in [0.3, 0.4) is 0 Å². The molecule has 98 valence electrons. The third-order valence-corrected chi connectivity index (χ3v) is 2.35. The predicted molar refractivity (Wildman–Crippen MR) is 68.0 cm³/mol.